The molecule has 118 valence electrons. The Balaban J connectivity index is 1.62. The summed E-state index contributed by atoms with van der Waals surface area (Å²) in [6, 6.07) is 0. The Bertz CT molecular complexity index is 415. The predicted molar refractivity (Wildman–Crippen MR) is 84.5 cm³/mol. The Morgan fingerprint density at radius 2 is 2.14 bits per heavy atom. The standard InChI is InChI=1S/C15H25N3O2S/c1-13(2)20-10-9-17-5-7-18(8-6-17)15(19)4-3-14-11-16-12-21-14/h11-13H,3-10H2,1-2H3. The van der Waals surface area contributed by atoms with E-state index in [-0.39, 0.29) is 5.91 Å². The number of piperazine rings is 1. The van der Waals surface area contributed by atoms with Gasteiger partial charge >= 0.3 is 0 Å². The summed E-state index contributed by atoms with van der Waals surface area (Å²) in [7, 11) is 0. The van der Waals surface area contributed by atoms with Crippen LogP contribution in [0.25, 0.3) is 0 Å². The maximum absolute atomic E-state index is 12.2. The van der Waals surface area contributed by atoms with Gasteiger partial charge in [0.2, 0.25) is 5.91 Å². The minimum absolute atomic E-state index is 0.265. The monoisotopic (exact) mass is 311 g/mol. The second-order valence-corrected chi connectivity index (χ2v) is 6.58. The number of nitrogens with zero attached hydrogens (tertiary/aromatic N) is 3. The lowest BCUT2D eigenvalue weighted by atomic mass is 10.2. The summed E-state index contributed by atoms with van der Waals surface area (Å²) >= 11 is 1.62. The molecule has 1 aliphatic rings. The van der Waals surface area contributed by atoms with Crippen LogP contribution in [0, 0.1) is 0 Å². The molecule has 21 heavy (non-hydrogen) atoms. The zero-order chi connectivity index (χ0) is 15.1. The SMILES string of the molecule is CC(C)OCCN1CCN(C(=O)CCc2cncs2)CC1. The van der Waals surface area contributed by atoms with Gasteiger partial charge in [-0.3, -0.25) is 14.7 Å². The summed E-state index contributed by atoms with van der Waals surface area (Å²) < 4.78 is 5.57. The molecule has 1 aliphatic heterocycles. The first kappa shape index (κ1) is 16.4. The van der Waals surface area contributed by atoms with Gasteiger partial charge in [0.1, 0.15) is 0 Å². The molecule has 1 aromatic rings. The smallest absolute Gasteiger partial charge is 0.223 e. The van der Waals surface area contributed by atoms with Gasteiger partial charge in [-0.1, -0.05) is 0 Å². The first-order chi connectivity index (χ1) is 10.1. The number of aryl methyl sites for hydroxylation is 1. The second-order valence-electron chi connectivity index (χ2n) is 5.61. The Morgan fingerprint density at radius 3 is 2.76 bits per heavy atom. The summed E-state index contributed by atoms with van der Waals surface area (Å²) in [5.41, 5.74) is 1.82. The van der Waals surface area contributed by atoms with E-state index in [1.807, 2.05) is 16.6 Å². The van der Waals surface area contributed by atoms with Crippen molar-refractivity contribution in [3.05, 3.63) is 16.6 Å². The first-order valence-electron chi connectivity index (χ1n) is 7.64. The highest BCUT2D eigenvalue weighted by atomic mass is 32.1. The van der Waals surface area contributed by atoms with Gasteiger partial charge in [0.05, 0.1) is 18.2 Å². The molecule has 0 N–H and O–H groups in total. The molecule has 1 amide bonds. The van der Waals surface area contributed by atoms with Crippen LogP contribution < -0.4 is 0 Å². The molecular weight excluding hydrogens is 286 g/mol. The number of carbonyl (C=O) groups excluding carboxylic acids is 1. The van der Waals surface area contributed by atoms with Crippen LogP contribution in [0.4, 0.5) is 0 Å². The Morgan fingerprint density at radius 1 is 1.38 bits per heavy atom. The zero-order valence-electron chi connectivity index (χ0n) is 13.0. The van der Waals surface area contributed by atoms with E-state index in [0.717, 1.165) is 45.8 Å². The van der Waals surface area contributed by atoms with Crippen molar-refractivity contribution in [2.24, 2.45) is 0 Å². The van der Waals surface area contributed by atoms with E-state index in [2.05, 4.69) is 23.7 Å². The van der Waals surface area contributed by atoms with Gasteiger partial charge in [-0.05, 0) is 20.3 Å². The molecule has 1 fully saturated rings. The summed E-state index contributed by atoms with van der Waals surface area (Å²) in [5, 5.41) is 0. The second kappa shape index (κ2) is 8.46. The molecule has 2 rings (SSSR count). The van der Waals surface area contributed by atoms with Crippen LogP contribution in [0.15, 0.2) is 11.7 Å². The van der Waals surface area contributed by atoms with E-state index in [1.165, 1.54) is 4.88 Å². The Kier molecular flexibility index (Phi) is 6.60. The lowest BCUT2D eigenvalue weighted by Gasteiger charge is -2.34. The lowest BCUT2D eigenvalue weighted by molar-refractivity contribution is -0.133. The van der Waals surface area contributed by atoms with Crippen molar-refractivity contribution in [1.29, 1.82) is 0 Å². The predicted octanol–water partition coefficient (Wildman–Crippen LogP) is 1.64. The molecule has 1 saturated heterocycles. The Hall–Kier alpha value is -0.980. The summed E-state index contributed by atoms with van der Waals surface area (Å²) in [5.74, 6) is 0.265. The molecule has 0 radical (unpaired) electrons. The topological polar surface area (TPSA) is 45.7 Å². The van der Waals surface area contributed by atoms with Crippen molar-refractivity contribution < 1.29 is 9.53 Å². The zero-order valence-corrected chi connectivity index (χ0v) is 13.8. The fourth-order valence-electron chi connectivity index (χ4n) is 2.39. The Labute approximate surface area is 130 Å². The fourth-order valence-corrected chi connectivity index (χ4v) is 2.99. The summed E-state index contributed by atoms with van der Waals surface area (Å²) in [4.78, 5) is 21.8. The maximum Gasteiger partial charge on any atom is 0.223 e. The quantitative estimate of drug-likeness (QED) is 0.768. The molecule has 2 heterocycles. The third kappa shape index (κ3) is 5.73. The molecule has 6 heteroatoms. The van der Waals surface area contributed by atoms with E-state index in [1.54, 1.807) is 11.3 Å². The van der Waals surface area contributed by atoms with E-state index >= 15 is 0 Å². The van der Waals surface area contributed by atoms with Crippen LogP contribution in [-0.4, -0.2) is 66.1 Å². The third-order valence-electron chi connectivity index (χ3n) is 3.65. The van der Waals surface area contributed by atoms with Crippen LogP contribution in [0.2, 0.25) is 0 Å². The molecule has 0 unspecified atom stereocenters. The minimum Gasteiger partial charge on any atom is -0.377 e. The van der Waals surface area contributed by atoms with Crippen molar-refractivity contribution in [2.75, 3.05) is 39.3 Å². The fraction of sp³-hybridized carbons (Fsp3) is 0.733. The molecule has 0 spiro atoms. The van der Waals surface area contributed by atoms with E-state index in [9.17, 15) is 4.79 Å². The van der Waals surface area contributed by atoms with Crippen molar-refractivity contribution in [3.63, 3.8) is 0 Å². The van der Waals surface area contributed by atoms with E-state index in [4.69, 9.17) is 4.74 Å². The highest BCUT2D eigenvalue weighted by molar-refractivity contribution is 7.09. The number of aromatic nitrogens is 1. The maximum atomic E-state index is 12.2. The molecular formula is C15H25N3O2S. The van der Waals surface area contributed by atoms with E-state index in [0.29, 0.717) is 12.5 Å². The summed E-state index contributed by atoms with van der Waals surface area (Å²) in [6.07, 6.45) is 3.55. The van der Waals surface area contributed by atoms with Crippen molar-refractivity contribution in [3.8, 4) is 0 Å². The van der Waals surface area contributed by atoms with Gasteiger partial charge in [-0.25, -0.2) is 0 Å². The average molecular weight is 311 g/mol. The van der Waals surface area contributed by atoms with Gasteiger partial charge in [-0.15, -0.1) is 11.3 Å². The van der Waals surface area contributed by atoms with Crippen molar-refractivity contribution >= 4 is 17.2 Å². The normalized spacial score (nSPS) is 16.6. The number of carbonyl (C=O) groups is 1. The molecule has 0 saturated carbocycles. The first-order valence-corrected chi connectivity index (χ1v) is 8.52. The number of hydrogen-bond acceptors (Lipinski definition) is 5. The summed E-state index contributed by atoms with van der Waals surface area (Å²) in [6.45, 7) is 9.42. The number of amides is 1. The molecule has 5 nitrogen and oxygen atoms in total. The van der Waals surface area contributed by atoms with Crippen LogP contribution in [0.3, 0.4) is 0 Å². The third-order valence-corrected chi connectivity index (χ3v) is 4.49. The molecule has 0 bridgehead atoms. The number of rotatable bonds is 7. The highest BCUT2D eigenvalue weighted by Gasteiger charge is 2.20. The van der Waals surface area contributed by atoms with Crippen LogP contribution in [0.1, 0.15) is 25.1 Å². The van der Waals surface area contributed by atoms with Crippen molar-refractivity contribution in [2.45, 2.75) is 32.8 Å². The number of ether oxygens (including phenoxy) is 1. The molecule has 0 atom stereocenters. The highest BCUT2D eigenvalue weighted by Crippen LogP contribution is 2.11. The minimum atomic E-state index is 0.265. The number of thiazole rings is 1. The van der Waals surface area contributed by atoms with Crippen LogP contribution in [-0.2, 0) is 16.0 Å². The van der Waals surface area contributed by atoms with E-state index < -0.39 is 0 Å². The largest absolute Gasteiger partial charge is 0.377 e. The number of hydrogen-bond donors (Lipinski definition) is 0. The lowest BCUT2D eigenvalue weighted by Crippen LogP contribution is -2.49. The van der Waals surface area contributed by atoms with Gasteiger partial charge in [0, 0.05) is 50.2 Å². The van der Waals surface area contributed by atoms with Gasteiger partial charge in [0.25, 0.3) is 0 Å². The van der Waals surface area contributed by atoms with Gasteiger partial charge in [0.15, 0.2) is 0 Å². The molecule has 0 aromatic carbocycles. The van der Waals surface area contributed by atoms with Crippen LogP contribution in [0.5, 0.6) is 0 Å². The van der Waals surface area contributed by atoms with Crippen LogP contribution >= 0.6 is 11.3 Å². The average Bonchev–Trinajstić information content (AvgIpc) is 2.98. The molecule has 0 aliphatic carbocycles. The van der Waals surface area contributed by atoms with Gasteiger partial charge < -0.3 is 9.64 Å². The van der Waals surface area contributed by atoms with Crippen molar-refractivity contribution in [1.82, 2.24) is 14.8 Å². The van der Waals surface area contributed by atoms with Gasteiger partial charge in [-0.2, -0.15) is 0 Å². The molecule has 1 aromatic heterocycles.